The van der Waals surface area contributed by atoms with Crippen LogP contribution in [0.15, 0.2) is 54.6 Å². The molecule has 0 saturated heterocycles. The first-order valence-corrected chi connectivity index (χ1v) is 7.43. The van der Waals surface area contributed by atoms with Gasteiger partial charge in [0.15, 0.2) is 0 Å². The van der Waals surface area contributed by atoms with Crippen LogP contribution in [0.2, 0.25) is 0 Å². The van der Waals surface area contributed by atoms with Crippen LogP contribution in [-0.4, -0.2) is 4.21 Å². The molecule has 2 rings (SSSR count). The van der Waals surface area contributed by atoms with Gasteiger partial charge in [-0.05, 0) is 16.7 Å². The van der Waals surface area contributed by atoms with Gasteiger partial charge in [0.05, 0.1) is 0 Å². The summed E-state index contributed by atoms with van der Waals surface area (Å²) >= 11 is 0. The lowest BCUT2D eigenvalue weighted by Gasteiger charge is -2.04. The van der Waals surface area contributed by atoms with Crippen LogP contribution in [0.4, 0.5) is 0 Å². The van der Waals surface area contributed by atoms with Gasteiger partial charge in [0.2, 0.25) is 0 Å². The zero-order valence-corrected chi connectivity index (χ0v) is 11.0. The van der Waals surface area contributed by atoms with Gasteiger partial charge in [0, 0.05) is 28.9 Å². The van der Waals surface area contributed by atoms with Crippen molar-refractivity contribution in [3.8, 4) is 0 Å². The molecule has 2 N–H and O–H groups in total. The summed E-state index contributed by atoms with van der Waals surface area (Å²) in [5.74, 6) is 1.19. The van der Waals surface area contributed by atoms with E-state index in [4.69, 9.17) is 5.73 Å². The van der Waals surface area contributed by atoms with Gasteiger partial charge in [0.1, 0.15) is 0 Å². The van der Waals surface area contributed by atoms with Crippen molar-refractivity contribution >= 4 is 10.8 Å². The van der Waals surface area contributed by atoms with E-state index in [0.717, 1.165) is 16.7 Å². The van der Waals surface area contributed by atoms with Gasteiger partial charge in [-0.25, -0.2) is 0 Å². The molecule has 0 heterocycles. The molecule has 2 aromatic carbocycles. The van der Waals surface area contributed by atoms with E-state index < -0.39 is 10.8 Å². The number of benzene rings is 2. The summed E-state index contributed by atoms with van der Waals surface area (Å²) in [4.78, 5) is 0. The Balaban J connectivity index is 1.99. The second-order valence-corrected chi connectivity index (χ2v) is 5.70. The lowest BCUT2D eigenvalue weighted by atomic mass is 10.1. The van der Waals surface area contributed by atoms with Gasteiger partial charge < -0.3 is 5.73 Å². The molecule has 0 bridgehead atoms. The Bertz CT molecular complexity index is 525. The average Bonchev–Trinajstić information content (AvgIpc) is 2.40. The summed E-state index contributed by atoms with van der Waals surface area (Å²) in [7, 11) is -0.873. The number of hydrogen-bond donors (Lipinski definition) is 1. The van der Waals surface area contributed by atoms with Crippen molar-refractivity contribution in [3.05, 3.63) is 71.3 Å². The van der Waals surface area contributed by atoms with Crippen molar-refractivity contribution in [2.24, 2.45) is 5.73 Å². The lowest BCUT2D eigenvalue weighted by molar-refractivity contribution is 0.682. The lowest BCUT2D eigenvalue weighted by Crippen LogP contribution is -2.01. The largest absolute Gasteiger partial charge is 0.326 e. The molecular weight excluding hydrogens is 242 g/mol. The highest BCUT2D eigenvalue weighted by molar-refractivity contribution is 7.83. The fourth-order valence-corrected chi connectivity index (χ4v) is 3.06. The maximum absolute atomic E-state index is 12.1. The number of hydrogen-bond acceptors (Lipinski definition) is 2. The van der Waals surface area contributed by atoms with Crippen LogP contribution < -0.4 is 5.73 Å². The van der Waals surface area contributed by atoms with E-state index in [2.05, 4.69) is 0 Å². The molecule has 1 atom stereocenters. The Hall–Kier alpha value is -1.45. The van der Waals surface area contributed by atoms with E-state index in [0.29, 0.717) is 18.1 Å². The minimum atomic E-state index is -0.873. The first-order chi connectivity index (χ1) is 8.78. The fraction of sp³-hybridized carbons (Fsp3) is 0.200. The Morgan fingerprint density at radius 3 is 2.17 bits per heavy atom. The van der Waals surface area contributed by atoms with Crippen LogP contribution in [0.25, 0.3) is 0 Å². The van der Waals surface area contributed by atoms with E-state index in [1.807, 2.05) is 54.6 Å². The second kappa shape index (κ2) is 6.47. The highest BCUT2D eigenvalue weighted by atomic mass is 32.2. The van der Waals surface area contributed by atoms with Crippen LogP contribution in [0.5, 0.6) is 0 Å². The van der Waals surface area contributed by atoms with Crippen LogP contribution in [-0.2, 0) is 28.9 Å². The molecule has 2 aromatic rings. The second-order valence-electron chi connectivity index (χ2n) is 4.24. The monoisotopic (exact) mass is 259 g/mol. The van der Waals surface area contributed by atoms with Crippen LogP contribution in [0, 0.1) is 0 Å². The molecule has 0 spiro atoms. The van der Waals surface area contributed by atoms with Gasteiger partial charge in [-0.2, -0.15) is 0 Å². The van der Waals surface area contributed by atoms with E-state index in [1.54, 1.807) is 0 Å². The van der Waals surface area contributed by atoms with Crippen molar-refractivity contribution in [2.75, 3.05) is 0 Å². The van der Waals surface area contributed by atoms with E-state index in [1.165, 1.54) is 0 Å². The summed E-state index contributed by atoms with van der Waals surface area (Å²) in [6, 6.07) is 17.9. The topological polar surface area (TPSA) is 43.1 Å². The summed E-state index contributed by atoms with van der Waals surface area (Å²) in [5, 5.41) is 0. The van der Waals surface area contributed by atoms with Gasteiger partial charge >= 0.3 is 0 Å². The van der Waals surface area contributed by atoms with Crippen LogP contribution >= 0.6 is 0 Å². The Labute approximate surface area is 110 Å². The number of nitrogens with two attached hydrogens (primary N) is 1. The first-order valence-electron chi connectivity index (χ1n) is 5.94. The third kappa shape index (κ3) is 3.79. The van der Waals surface area contributed by atoms with E-state index in [9.17, 15) is 4.21 Å². The standard InChI is InChI=1S/C15H17NOS/c16-10-14-7-4-8-15(9-14)12-18(17)11-13-5-2-1-3-6-13/h1-9H,10-12,16H2. The maximum Gasteiger partial charge on any atom is 0.0489 e. The molecular formula is C15H17NOS. The molecule has 1 unspecified atom stereocenters. The minimum absolute atomic E-state index is 0.527. The minimum Gasteiger partial charge on any atom is -0.326 e. The van der Waals surface area contributed by atoms with Gasteiger partial charge in [-0.15, -0.1) is 0 Å². The third-order valence-corrected chi connectivity index (χ3v) is 4.04. The SMILES string of the molecule is NCc1cccc(CS(=O)Cc2ccccc2)c1. The average molecular weight is 259 g/mol. The van der Waals surface area contributed by atoms with Gasteiger partial charge in [-0.3, -0.25) is 4.21 Å². The summed E-state index contributed by atoms with van der Waals surface area (Å²) in [6.07, 6.45) is 0. The molecule has 0 amide bonds. The molecule has 2 nitrogen and oxygen atoms in total. The summed E-state index contributed by atoms with van der Waals surface area (Å²) < 4.78 is 12.1. The van der Waals surface area contributed by atoms with Crippen molar-refractivity contribution in [2.45, 2.75) is 18.1 Å². The van der Waals surface area contributed by atoms with Crippen molar-refractivity contribution in [3.63, 3.8) is 0 Å². The molecule has 0 saturated carbocycles. The highest BCUT2D eigenvalue weighted by Crippen LogP contribution is 2.10. The fourth-order valence-electron chi connectivity index (χ4n) is 1.84. The molecule has 0 aliphatic carbocycles. The zero-order chi connectivity index (χ0) is 12.8. The smallest absolute Gasteiger partial charge is 0.0489 e. The first kappa shape index (κ1) is 13.0. The molecule has 18 heavy (non-hydrogen) atoms. The molecule has 94 valence electrons. The Morgan fingerprint density at radius 2 is 1.44 bits per heavy atom. The Morgan fingerprint density at radius 1 is 0.833 bits per heavy atom. The van der Waals surface area contributed by atoms with Gasteiger partial charge in [0.25, 0.3) is 0 Å². The normalized spacial score (nSPS) is 12.3. The van der Waals surface area contributed by atoms with Crippen molar-refractivity contribution in [1.29, 1.82) is 0 Å². The van der Waals surface area contributed by atoms with Gasteiger partial charge in [-0.1, -0.05) is 54.6 Å². The maximum atomic E-state index is 12.1. The molecule has 0 aliphatic heterocycles. The third-order valence-electron chi connectivity index (χ3n) is 2.73. The zero-order valence-electron chi connectivity index (χ0n) is 10.2. The number of rotatable bonds is 5. The molecule has 0 radical (unpaired) electrons. The highest BCUT2D eigenvalue weighted by Gasteiger charge is 2.03. The molecule has 0 aromatic heterocycles. The van der Waals surface area contributed by atoms with Crippen LogP contribution in [0.3, 0.4) is 0 Å². The van der Waals surface area contributed by atoms with E-state index >= 15 is 0 Å². The Kier molecular flexibility index (Phi) is 4.67. The predicted octanol–water partition coefficient (Wildman–Crippen LogP) is 2.59. The van der Waals surface area contributed by atoms with Crippen molar-refractivity contribution < 1.29 is 4.21 Å². The van der Waals surface area contributed by atoms with Crippen LogP contribution in [0.1, 0.15) is 16.7 Å². The van der Waals surface area contributed by atoms with Crippen molar-refractivity contribution in [1.82, 2.24) is 0 Å². The van der Waals surface area contributed by atoms with E-state index in [-0.39, 0.29) is 0 Å². The summed E-state index contributed by atoms with van der Waals surface area (Å²) in [5.41, 5.74) is 8.89. The molecule has 3 heteroatoms. The quantitative estimate of drug-likeness (QED) is 0.897. The summed E-state index contributed by atoms with van der Waals surface area (Å²) in [6.45, 7) is 0.527. The predicted molar refractivity (Wildman–Crippen MR) is 76.3 cm³/mol. The molecule has 0 fully saturated rings. The molecule has 0 aliphatic rings.